The van der Waals surface area contributed by atoms with Gasteiger partial charge in [0.05, 0.1) is 17.5 Å². The van der Waals surface area contributed by atoms with Gasteiger partial charge in [0.2, 0.25) is 5.91 Å². The number of carbonyl (C=O) groups is 2. The molecule has 0 heterocycles. The number of hydrogen-bond donors (Lipinski definition) is 3. The lowest BCUT2D eigenvalue weighted by Crippen LogP contribution is -2.39. The van der Waals surface area contributed by atoms with Crippen LogP contribution < -0.4 is 16.0 Å². The molecule has 2 rings (SSSR count). The summed E-state index contributed by atoms with van der Waals surface area (Å²) >= 11 is 0. The maximum Gasteiger partial charge on any atom is 0.319 e. The fraction of sp³-hybridized carbons (Fsp3) is 0.222. The zero-order valence-electron chi connectivity index (χ0n) is 14.5. The summed E-state index contributed by atoms with van der Waals surface area (Å²) in [5, 5.41) is 7.83. The molecule has 0 fully saturated rings. The van der Waals surface area contributed by atoms with E-state index in [0.29, 0.717) is 5.69 Å². The van der Waals surface area contributed by atoms with E-state index in [-0.39, 0.29) is 23.4 Å². The molecule has 2 aromatic rings. The molecule has 0 bridgehead atoms. The summed E-state index contributed by atoms with van der Waals surface area (Å²) in [5.74, 6) is -0.354. The molecule has 1 atom stereocenters. The van der Waals surface area contributed by atoms with Gasteiger partial charge in [0.1, 0.15) is 0 Å². The van der Waals surface area contributed by atoms with Crippen LogP contribution in [0.15, 0.2) is 59.5 Å². The molecule has 0 aromatic heterocycles. The first-order valence-electron chi connectivity index (χ1n) is 7.95. The summed E-state index contributed by atoms with van der Waals surface area (Å²) in [6, 6.07) is 14.4. The van der Waals surface area contributed by atoms with Gasteiger partial charge in [0, 0.05) is 11.9 Å². The highest BCUT2D eigenvalue weighted by Gasteiger charge is 2.12. The average molecular weight is 375 g/mol. The van der Waals surface area contributed by atoms with Gasteiger partial charge in [-0.3, -0.25) is 4.79 Å². The first kappa shape index (κ1) is 19.5. The van der Waals surface area contributed by atoms with Crippen molar-refractivity contribution in [2.75, 3.05) is 18.1 Å². The Balaban J connectivity index is 1.82. The van der Waals surface area contributed by atoms with Gasteiger partial charge in [-0.25, -0.2) is 13.2 Å². The highest BCUT2D eigenvalue weighted by atomic mass is 32.2. The molecule has 0 aliphatic heterocycles. The normalized spacial score (nSPS) is 12.1. The van der Waals surface area contributed by atoms with E-state index in [4.69, 9.17) is 0 Å². The van der Waals surface area contributed by atoms with Crippen molar-refractivity contribution in [3.8, 4) is 0 Å². The van der Waals surface area contributed by atoms with Crippen molar-refractivity contribution in [1.29, 1.82) is 0 Å². The predicted octanol–water partition coefficient (Wildman–Crippen LogP) is 2.09. The smallest absolute Gasteiger partial charge is 0.319 e. The first-order valence-corrected chi connectivity index (χ1v) is 9.84. The van der Waals surface area contributed by atoms with Crippen LogP contribution in [-0.4, -0.2) is 33.2 Å². The maximum atomic E-state index is 12.0. The molecule has 0 aliphatic carbocycles. The summed E-state index contributed by atoms with van der Waals surface area (Å²) in [5.41, 5.74) is 1.39. The van der Waals surface area contributed by atoms with Crippen LogP contribution in [0.1, 0.15) is 18.5 Å². The molecular formula is C18H21N3O4S. The van der Waals surface area contributed by atoms with Crippen LogP contribution in [-0.2, 0) is 14.6 Å². The molecule has 0 saturated heterocycles. The number of carbonyl (C=O) groups excluding carboxylic acids is 2. The van der Waals surface area contributed by atoms with Gasteiger partial charge in [-0.05, 0) is 36.8 Å². The standard InChI is InChI=1S/C18H21N3O4S/c1-13(14-8-10-16(11-9-14)26(2,24)25)20-17(22)12-19-18(23)21-15-6-4-3-5-7-15/h3-11,13H,12H2,1-2H3,(H,20,22)(H2,19,21,23)/t13-/m1/s1. The van der Waals surface area contributed by atoms with E-state index in [1.165, 1.54) is 12.1 Å². The minimum Gasteiger partial charge on any atom is -0.348 e. The van der Waals surface area contributed by atoms with Crippen molar-refractivity contribution in [3.63, 3.8) is 0 Å². The molecule has 0 radical (unpaired) electrons. The lowest BCUT2D eigenvalue weighted by atomic mass is 10.1. The van der Waals surface area contributed by atoms with Gasteiger partial charge in [0.25, 0.3) is 0 Å². The Hall–Kier alpha value is -2.87. The molecule has 8 heteroatoms. The molecule has 7 nitrogen and oxygen atoms in total. The van der Waals surface area contributed by atoms with Crippen LogP contribution in [0.25, 0.3) is 0 Å². The fourth-order valence-electron chi connectivity index (χ4n) is 2.24. The van der Waals surface area contributed by atoms with Crippen LogP contribution in [0.5, 0.6) is 0 Å². The molecule has 2 aromatic carbocycles. The topological polar surface area (TPSA) is 104 Å². The predicted molar refractivity (Wildman–Crippen MR) is 99.6 cm³/mol. The number of hydrogen-bond acceptors (Lipinski definition) is 4. The van der Waals surface area contributed by atoms with E-state index in [0.717, 1.165) is 11.8 Å². The lowest BCUT2D eigenvalue weighted by Gasteiger charge is -2.15. The third kappa shape index (κ3) is 5.89. The Morgan fingerprint density at radius 3 is 2.19 bits per heavy atom. The Labute approximate surface area is 152 Å². The highest BCUT2D eigenvalue weighted by Crippen LogP contribution is 2.16. The second-order valence-corrected chi connectivity index (χ2v) is 7.82. The number of nitrogens with one attached hydrogen (secondary N) is 3. The number of amides is 3. The van der Waals surface area contributed by atoms with Crippen molar-refractivity contribution in [2.45, 2.75) is 17.9 Å². The Kier molecular flexibility index (Phi) is 6.35. The number of sulfone groups is 1. The summed E-state index contributed by atoms with van der Waals surface area (Å²) in [6.45, 7) is 1.60. The van der Waals surface area contributed by atoms with Gasteiger partial charge in [-0.1, -0.05) is 30.3 Å². The molecule has 26 heavy (non-hydrogen) atoms. The summed E-state index contributed by atoms with van der Waals surface area (Å²) in [7, 11) is -3.25. The van der Waals surface area contributed by atoms with Crippen LogP contribution in [0, 0.1) is 0 Å². The number of rotatable bonds is 6. The third-order valence-corrected chi connectivity index (χ3v) is 4.76. The first-order chi connectivity index (χ1) is 12.3. The molecule has 0 aliphatic rings. The van der Waals surface area contributed by atoms with E-state index < -0.39 is 15.9 Å². The van der Waals surface area contributed by atoms with E-state index in [1.54, 1.807) is 43.3 Å². The van der Waals surface area contributed by atoms with Crippen molar-refractivity contribution in [1.82, 2.24) is 10.6 Å². The van der Waals surface area contributed by atoms with E-state index in [1.807, 2.05) is 6.07 Å². The van der Waals surface area contributed by atoms with Crippen LogP contribution in [0.3, 0.4) is 0 Å². The quantitative estimate of drug-likeness (QED) is 0.719. The van der Waals surface area contributed by atoms with E-state index >= 15 is 0 Å². The minimum atomic E-state index is -3.25. The van der Waals surface area contributed by atoms with Crippen molar-refractivity contribution in [2.24, 2.45) is 0 Å². The highest BCUT2D eigenvalue weighted by molar-refractivity contribution is 7.90. The molecule has 3 N–H and O–H groups in total. The molecular weight excluding hydrogens is 354 g/mol. The van der Waals surface area contributed by atoms with Crippen molar-refractivity contribution in [3.05, 3.63) is 60.2 Å². The number of urea groups is 1. The number of para-hydroxylation sites is 1. The fourth-order valence-corrected chi connectivity index (χ4v) is 2.87. The Morgan fingerprint density at radius 2 is 1.62 bits per heavy atom. The molecule has 3 amide bonds. The van der Waals surface area contributed by atoms with Crippen molar-refractivity contribution < 1.29 is 18.0 Å². The largest absolute Gasteiger partial charge is 0.348 e. The molecule has 0 unspecified atom stereocenters. The second kappa shape index (κ2) is 8.48. The van der Waals surface area contributed by atoms with Gasteiger partial charge >= 0.3 is 6.03 Å². The molecule has 138 valence electrons. The number of benzene rings is 2. The van der Waals surface area contributed by atoms with Crippen LogP contribution in [0.2, 0.25) is 0 Å². The zero-order valence-corrected chi connectivity index (χ0v) is 15.3. The monoisotopic (exact) mass is 375 g/mol. The summed E-state index contributed by atoms with van der Waals surface area (Å²) < 4.78 is 22.9. The van der Waals surface area contributed by atoms with E-state index in [2.05, 4.69) is 16.0 Å². The van der Waals surface area contributed by atoms with Gasteiger partial charge < -0.3 is 16.0 Å². The lowest BCUT2D eigenvalue weighted by molar-refractivity contribution is -0.120. The number of anilines is 1. The zero-order chi connectivity index (χ0) is 19.2. The van der Waals surface area contributed by atoms with Gasteiger partial charge in [-0.15, -0.1) is 0 Å². The van der Waals surface area contributed by atoms with Gasteiger partial charge in [-0.2, -0.15) is 0 Å². The third-order valence-electron chi connectivity index (χ3n) is 3.63. The van der Waals surface area contributed by atoms with Crippen LogP contribution >= 0.6 is 0 Å². The van der Waals surface area contributed by atoms with Crippen molar-refractivity contribution >= 4 is 27.5 Å². The molecule has 0 saturated carbocycles. The molecule has 0 spiro atoms. The average Bonchev–Trinajstić information content (AvgIpc) is 2.60. The SMILES string of the molecule is C[C@@H](NC(=O)CNC(=O)Nc1ccccc1)c1ccc(S(C)(=O)=O)cc1. The maximum absolute atomic E-state index is 12.0. The second-order valence-electron chi connectivity index (χ2n) is 5.80. The summed E-state index contributed by atoms with van der Waals surface area (Å²) in [4.78, 5) is 23.9. The Morgan fingerprint density at radius 1 is 1.00 bits per heavy atom. The van der Waals surface area contributed by atoms with E-state index in [9.17, 15) is 18.0 Å². The Bertz CT molecular complexity index is 865. The van der Waals surface area contributed by atoms with Crippen LogP contribution in [0.4, 0.5) is 10.5 Å². The minimum absolute atomic E-state index is 0.176. The summed E-state index contributed by atoms with van der Waals surface area (Å²) in [6.07, 6.45) is 1.14. The van der Waals surface area contributed by atoms with Gasteiger partial charge in [0.15, 0.2) is 9.84 Å².